The van der Waals surface area contributed by atoms with Crippen molar-refractivity contribution in [1.82, 2.24) is 0 Å². The SMILES string of the molecule is Cc1cc(NCc2ccc(C(=O)O)cc2Br)ccc1F. The number of aryl methyl sites for hydroxylation is 1. The molecule has 0 amide bonds. The molecule has 0 heterocycles. The third-order valence-electron chi connectivity index (χ3n) is 2.94. The molecule has 0 saturated carbocycles. The largest absolute Gasteiger partial charge is 0.478 e. The Hall–Kier alpha value is -1.88. The first-order valence-electron chi connectivity index (χ1n) is 5.99. The molecule has 0 fully saturated rings. The van der Waals surface area contributed by atoms with Gasteiger partial charge in [-0.15, -0.1) is 0 Å². The van der Waals surface area contributed by atoms with Crippen LogP contribution in [0.5, 0.6) is 0 Å². The van der Waals surface area contributed by atoms with Crippen molar-refractivity contribution in [3.05, 3.63) is 63.4 Å². The smallest absolute Gasteiger partial charge is 0.335 e. The molecular weight excluding hydrogens is 325 g/mol. The summed E-state index contributed by atoms with van der Waals surface area (Å²) in [5.74, 6) is -1.19. The van der Waals surface area contributed by atoms with Crippen LogP contribution in [-0.2, 0) is 6.54 Å². The predicted octanol–water partition coefficient (Wildman–Crippen LogP) is 4.21. The average Bonchev–Trinajstić information content (AvgIpc) is 2.41. The van der Waals surface area contributed by atoms with Crippen molar-refractivity contribution < 1.29 is 14.3 Å². The van der Waals surface area contributed by atoms with Gasteiger partial charge in [0.15, 0.2) is 0 Å². The van der Waals surface area contributed by atoms with E-state index in [1.165, 1.54) is 6.07 Å². The Morgan fingerprint density at radius 2 is 2.05 bits per heavy atom. The maximum absolute atomic E-state index is 13.2. The van der Waals surface area contributed by atoms with Gasteiger partial charge < -0.3 is 10.4 Å². The molecule has 2 aromatic rings. The molecular formula is C15H13BrFNO2. The fourth-order valence-electron chi connectivity index (χ4n) is 1.78. The number of hydrogen-bond acceptors (Lipinski definition) is 2. The Morgan fingerprint density at radius 1 is 1.30 bits per heavy atom. The molecule has 0 spiro atoms. The van der Waals surface area contributed by atoms with Gasteiger partial charge in [0.25, 0.3) is 0 Å². The van der Waals surface area contributed by atoms with Crippen molar-refractivity contribution in [2.24, 2.45) is 0 Å². The van der Waals surface area contributed by atoms with E-state index in [1.807, 2.05) is 0 Å². The van der Waals surface area contributed by atoms with Crippen molar-refractivity contribution in [1.29, 1.82) is 0 Å². The Labute approximate surface area is 124 Å². The van der Waals surface area contributed by atoms with Crippen LogP contribution in [0.4, 0.5) is 10.1 Å². The molecule has 0 aromatic heterocycles. The standard InChI is InChI=1S/C15H13BrFNO2/c1-9-6-12(4-5-14(9)17)18-8-11-3-2-10(15(19)20)7-13(11)16/h2-7,18H,8H2,1H3,(H,19,20). The quantitative estimate of drug-likeness (QED) is 0.878. The van der Waals surface area contributed by atoms with Crippen LogP contribution in [0, 0.1) is 12.7 Å². The monoisotopic (exact) mass is 337 g/mol. The van der Waals surface area contributed by atoms with Gasteiger partial charge in [0.1, 0.15) is 5.82 Å². The number of aromatic carboxylic acids is 1. The van der Waals surface area contributed by atoms with E-state index in [0.717, 1.165) is 15.7 Å². The van der Waals surface area contributed by atoms with Crippen molar-refractivity contribution >= 4 is 27.6 Å². The number of nitrogens with one attached hydrogen (secondary N) is 1. The molecule has 0 atom stereocenters. The zero-order valence-electron chi connectivity index (χ0n) is 10.8. The van der Waals surface area contributed by atoms with Crippen molar-refractivity contribution in [2.75, 3.05) is 5.32 Å². The summed E-state index contributed by atoms with van der Waals surface area (Å²) in [7, 11) is 0. The van der Waals surface area contributed by atoms with Gasteiger partial charge in [-0.3, -0.25) is 0 Å². The number of hydrogen-bond donors (Lipinski definition) is 2. The van der Waals surface area contributed by atoms with Crippen LogP contribution in [0.2, 0.25) is 0 Å². The number of halogens is 2. The van der Waals surface area contributed by atoms with E-state index in [9.17, 15) is 9.18 Å². The molecule has 0 aliphatic heterocycles. The predicted molar refractivity (Wildman–Crippen MR) is 79.6 cm³/mol. The highest BCUT2D eigenvalue weighted by atomic mass is 79.9. The molecule has 2 N–H and O–H groups in total. The number of anilines is 1. The minimum atomic E-state index is -0.959. The highest BCUT2D eigenvalue weighted by molar-refractivity contribution is 9.10. The van der Waals surface area contributed by atoms with Gasteiger partial charge in [0.2, 0.25) is 0 Å². The van der Waals surface area contributed by atoms with Gasteiger partial charge in [-0.1, -0.05) is 22.0 Å². The molecule has 0 saturated heterocycles. The summed E-state index contributed by atoms with van der Waals surface area (Å²) >= 11 is 3.35. The Morgan fingerprint density at radius 3 is 2.65 bits per heavy atom. The zero-order chi connectivity index (χ0) is 14.7. The minimum absolute atomic E-state index is 0.234. The van der Waals surface area contributed by atoms with Gasteiger partial charge in [-0.05, 0) is 48.4 Å². The molecule has 104 valence electrons. The average molecular weight is 338 g/mol. The molecule has 2 rings (SSSR count). The molecule has 20 heavy (non-hydrogen) atoms. The maximum atomic E-state index is 13.2. The third kappa shape index (κ3) is 3.36. The van der Waals surface area contributed by atoms with E-state index in [-0.39, 0.29) is 11.4 Å². The second kappa shape index (κ2) is 6.05. The summed E-state index contributed by atoms with van der Waals surface area (Å²) in [6.07, 6.45) is 0. The van der Waals surface area contributed by atoms with Crippen LogP contribution in [-0.4, -0.2) is 11.1 Å². The van der Waals surface area contributed by atoms with E-state index in [1.54, 1.807) is 37.3 Å². The normalized spacial score (nSPS) is 10.3. The molecule has 3 nitrogen and oxygen atoms in total. The van der Waals surface area contributed by atoms with Crippen LogP contribution < -0.4 is 5.32 Å². The Balaban J connectivity index is 2.10. The number of benzene rings is 2. The topological polar surface area (TPSA) is 49.3 Å². The second-order valence-electron chi connectivity index (χ2n) is 4.43. The first-order valence-corrected chi connectivity index (χ1v) is 6.78. The summed E-state index contributed by atoms with van der Waals surface area (Å²) in [4.78, 5) is 10.8. The highest BCUT2D eigenvalue weighted by Gasteiger charge is 2.07. The first kappa shape index (κ1) is 14.5. The third-order valence-corrected chi connectivity index (χ3v) is 3.68. The lowest BCUT2D eigenvalue weighted by Gasteiger charge is -2.10. The highest BCUT2D eigenvalue weighted by Crippen LogP contribution is 2.21. The molecule has 0 aliphatic carbocycles. The van der Waals surface area contributed by atoms with Crippen molar-refractivity contribution in [3.8, 4) is 0 Å². The summed E-state index contributed by atoms with van der Waals surface area (Å²) in [6.45, 7) is 2.23. The molecule has 2 aromatic carbocycles. The van der Waals surface area contributed by atoms with E-state index in [0.29, 0.717) is 12.1 Å². The van der Waals surface area contributed by atoms with Crippen molar-refractivity contribution in [3.63, 3.8) is 0 Å². The fraction of sp³-hybridized carbons (Fsp3) is 0.133. The summed E-state index contributed by atoms with van der Waals surface area (Å²) in [6, 6.07) is 9.68. The van der Waals surface area contributed by atoms with Crippen LogP contribution >= 0.6 is 15.9 Å². The summed E-state index contributed by atoms with van der Waals surface area (Å²) in [5, 5.41) is 12.1. The Kier molecular flexibility index (Phi) is 4.39. The van der Waals surface area contributed by atoms with Crippen molar-refractivity contribution in [2.45, 2.75) is 13.5 Å². The van der Waals surface area contributed by atoms with E-state index in [4.69, 9.17) is 5.11 Å². The molecule has 0 radical (unpaired) electrons. The van der Waals surface area contributed by atoms with Crippen LogP contribution in [0.25, 0.3) is 0 Å². The van der Waals surface area contributed by atoms with Gasteiger partial charge in [0.05, 0.1) is 5.56 Å². The van der Waals surface area contributed by atoms with Gasteiger partial charge in [-0.2, -0.15) is 0 Å². The number of carboxylic acids is 1. The molecule has 0 unspecified atom stereocenters. The molecule has 5 heteroatoms. The summed E-state index contributed by atoms with van der Waals surface area (Å²) < 4.78 is 13.9. The second-order valence-corrected chi connectivity index (χ2v) is 5.28. The first-order chi connectivity index (χ1) is 9.47. The minimum Gasteiger partial charge on any atom is -0.478 e. The van der Waals surface area contributed by atoms with Gasteiger partial charge >= 0.3 is 5.97 Å². The molecule has 0 aliphatic rings. The number of carboxylic acid groups (broad SMARTS) is 1. The maximum Gasteiger partial charge on any atom is 0.335 e. The lowest BCUT2D eigenvalue weighted by molar-refractivity contribution is 0.0697. The number of carbonyl (C=O) groups is 1. The number of rotatable bonds is 4. The van der Waals surface area contributed by atoms with E-state index < -0.39 is 5.97 Å². The fourth-order valence-corrected chi connectivity index (χ4v) is 2.29. The molecule has 0 bridgehead atoms. The summed E-state index contributed by atoms with van der Waals surface area (Å²) in [5.41, 5.74) is 2.56. The lowest BCUT2D eigenvalue weighted by atomic mass is 10.1. The van der Waals surface area contributed by atoms with E-state index in [2.05, 4.69) is 21.2 Å². The lowest BCUT2D eigenvalue weighted by Crippen LogP contribution is -2.03. The van der Waals surface area contributed by atoms with Gasteiger partial charge in [0, 0.05) is 16.7 Å². The van der Waals surface area contributed by atoms with E-state index >= 15 is 0 Å². The Bertz CT molecular complexity index is 658. The van der Waals surface area contributed by atoms with Crippen LogP contribution in [0.3, 0.4) is 0 Å². The van der Waals surface area contributed by atoms with Crippen LogP contribution in [0.15, 0.2) is 40.9 Å². The zero-order valence-corrected chi connectivity index (χ0v) is 12.4. The van der Waals surface area contributed by atoms with Crippen LogP contribution in [0.1, 0.15) is 21.5 Å². The van der Waals surface area contributed by atoms with Gasteiger partial charge in [-0.25, -0.2) is 9.18 Å².